The summed E-state index contributed by atoms with van der Waals surface area (Å²) in [5.74, 6) is -0.343. The number of amides is 2. The van der Waals surface area contributed by atoms with Gasteiger partial charge in [-0.05, 0) is 12.8 Å². The molecule has 0 bridgehead atoms. The monoisotopic (exact) mass is 450 g/mol. The Hall–Kier alpha value is -1.32. The molecule has 2 amide bonds. The Morgan fingerprint density at radius 1 is 0.438 bits per heavy atom. The lowest BCUT2D eigenvalue weighted by Crippen LogP contribution is -2.25. The predicted octanol–water partition coefficient (Wildman–Crippen LogP) is 7.62. The standard InChI is InChI=1S/C28H54N2O2/c1-3-5-7-9-11-13-15-17-19-21-25-29-27(31)23-24-28(32)30-26-22-20-18-16-14-12-10-8-6-4-2/h23-24H,3-22,25-26H2,1-2H3,(H,29,31)(H,30,32)/b24-23-. The Morgan fingerprint density at radius 2 is 0.688 bits per heavy atom. The molecule has 0 rings (SSSR count). The highest BCUT2D eigenvalue weighted by Gasteiger charge is 1.99. The lowest BCUT2D eigenvalue weighted by molar-refractivity contribution is -0.118. The van der Waals surface area contributed by atoms with Crippen LogP contribution in [0.25, 0.3) is 0 Å². The Labute approximate surface area is 199 Å². The van der Waals surface area contributed by atoms with Crippen LogP contribution >= 0.6 is 0 Å². The number of nitrogens with one attached hydrogen (secondary N) is 2. The second kappa shape index (κ2) is 25.9. The van der Waals surface area contributed by atoms with Crippen molar-refractivity contribution in [3.63, 3.8) is 0 Å². The van der Waals surface area contributed by atoms with Gasteiger partial charge in [-0.15, -0.1) is 0 Å². The minimum atomic E-state index is -0.171. The van der Waals surface area contributed by atoms with E-state index in [1.165, 1.54) is 115 Å². The number of hydrogen-bond acceptors (Lipinski definition) is 2. The zero-order valence-corrected chi connectivity index (χ0v) is 21.5. The molecule has 32 heavy (non-hydrogen) atoms. The summed E-state index contributed by atoms with van der Waals surface area (Å²) < 4.78 is 0. The molecule has 0 atom stereocenters. The van der Waals surface area contributed by atoms with E-state index in [4.69, 9.17) is 0 Å². The molecule has 188 valence electrons. The molecule has 0 aromatic heterocycles. The molecule has 0 heterocycles. The summed E-state index contributed by atoms with van der Waals surface area (Å²) in [6, 6.07) is 0. The summed E-state index contributed by atoms with van der Waals surface area (Å²) in [7, 11) is 0. The lowest BCUT2D eigenvalue weighted by Gasteiger charge is -2.04. The average Bonchev–Trinajstić information content (AvgIpc) is 2.79. The van der Waals surface area contributed by atoms with E-state index in [0.29, 0.717) is 13.1 Å². The predicted molar refractivity (Wildman–Crippen MR) is 139 cm³/mol. The van der Waals surface area contributed by atoms with Crippen LogP contribution in [-0.2, 0) is 9.59 Å². The molecule has 0 radical (unpaired) electrons. The van der Waals surface area contributed by atoms with E-state index in [0.717, 1.165) is 25.7 Å². The largest absolute Gasteiger partial charge is 0.353 e. The van der Waals surface area contributed by atoms with Gasteiger partial charge in [0.05, 0.1) is 0 Å². The molecule has 0 fully saturated rings. The molecule has 0 aromatic carbocycles. The molecule has 0 aliphatic heterocycles. The third-order valence-corrected chi connectivity index (χ3v) is 6.05. The van der Waals surface area contributed by atoms with Gasteiger partial charge < -0.3 is 10.6 Å². The van der Waals surface area contributed by atoms with Crippen LogP contribution in [0, 0.1) is 0 Å². The van der Waals surface area contributed by atoms with Gasteiger partial charge in [-0.3, -0.25) is 9.59 Å². The van der Waals surface area contributed by atoms with Crippen molar-refractivity contribution in [2.75, 3.05) is 13.1 Å². The van der Waals surface area contributed by atoms with Crippen LogP contribution in [0.3, 0.4) is 0 Å². The highest BCUT2D eigenvalue weighted by atomic mass is 16.2. The maximum Gasteiger partial charge on any atom is 0.244 e. The lowest BCUT2D eigenvalue weighted by atomic mass is 10.1. The van der Waals surface area contributed by atoms with Gasteiger partial charge in [-0.25, -0.2) is 0 Å². The first kappa shape index (κ1) is 30.7. The molecule has 0 aliphatic rings. The summed E-state index contributed by atoms with van der Waals surface area (Å²) in [4.78, 5) is 23.6. The maximum atomic E-state index is 11.8. The second-order valence-electron chi connectivity index (χ2n) is 9.28. The van der Waals surface area contributed by atoms with E-state index in [9.17, 15) is 9.59 Å². The zero-order valence-electron chi connectivity index (χ0n) is 21.5. The fraction of sp³-hybridized carbons (Fsp3) is 0.857. The minimum Gasteiger partial charge on any atom is -0.353 e. The van der Waals surface area contributed by atoms with E-state index in [2.05, 4.69) is 24.5 Å². The van der Waals surface area contributed by atoms with Crippen LogP contribution in [0.5, 0.6) is 0 Å². The van der Waals surface area contributed by atoms with Gasteiger partial charge in [-0.1, -0.05) is 129 Å². The number of rotatable bonds is 24. The highest BCUT2D eigenvalue weighted by molar-refractivity contribution is 5.96. The smallest absolute Gasteiger partial charge is 0.244 e. The number of carbonyl (C=O) groups excluding carboxylic acids is 2. The van der Waals surface area contributed by atoms with E-state index in [1.54, 1.807) is 0 Å². The summed E-state index contributed by atoms with van der Waals surface area (Å²) in [6.07, 6.45) is 28.5. The SMILES string of the molecule is CCCCCCCCCCCCNC(=O)/C=C\C(=O)NCCCCCCCCCCCC. The quantitative estimate of drug-likeness (QED) is 0.117. The molecule has 0 unspecified atom stereocenters. The van der Waals surface area contributed by atoms with Gasteiger partial charge in [0.2, 0.25) is 11.8 Å². The molecular weight excluding hydrogens is 396 g/mol. The molecule has 0 saturated heterocycles. The second-order valence-corrected chi connectivity index (χ2v) is 9.28. The Balaban J connectivity index is 3.39. The van der Waals surface area contributed by atoms with Crippen molar-refractivity contribution in [1.82, 2.24) is 10.6 Å². The van der Waals surface area contributed by atoms with Crippen LogP contribution in [-0.4, -0.2) is 24.9 Å². The summed E-state index contributed by atoms with van der Waals surface area (Å²) in [5, 5.41) is 5.74. The van der Waals surface area contributed by atoms with Gasteiger partial charge in [0, 0.05) is 25.2 Å². The van der Waals surface area contributed by atoms with Gasteiger partial charge in [-0.2, -0.15) is 0 Å². The molecule has 0 spiro atoms. The Kier molecular flexibility index (Phi) is 24.9. The van der Waals surface area contributed by atoms with Crippen molar-refractivity contribution in [3.05, 3.63) is 12.2 Å². The Bertz CT molecular complexity index is 409. The zero-order chi connectivity index (χ0) is 23.5. The average molecular weight is 451 g/mol. The van der Waals surface area contributed by atoms with E-state index in [-0.39, 0.29) is 11.8 Å². The van der Waals surface area contributed by atoms with Crippen LogP contribution < -0.4 is 10.6 Å². The summed E-state index contributed by atoms with van der Waals surface area (Å²) >= 11 is 0. The van der Waals surface area contributed by atoms with Gasteiger partial charge in [0.15, 0.2) is 0 Å². The third kappa shape index (κ3) is 24.9. The van der Waals surface area contributed by atoms with Crippen molar-refractivity contribution in [2.45, 2.75) is 142 Å². The summed E-state index contributed by atoms with van der Waals surface area (Å²) in [5.41, 5.74) is 0. The van der Waals surface area contributed by atoms with Crippen molar-refractivity contribution in [1.29, 1.82) is 0 Å². The van der Waals surface area contributed by atoms with Crippen LogP contribution in [0.2, 0.25) is 0 Å². The number of hydrogen-bond donors (Lipinski definition) is 2. The first-order valence-corrected chi connectivity index (χ1v) is 13.9. The molecule has 4 nitrogen and oxygen atoms in total. The highest BCUT2D eigenvalue weighted by Crippen LogP contribution is 2.11. The van der Waals surface area contributed by atoms with Crippen LogP contribution in [0.4, 0.5) is 0 Å². The first-order valence-electron chi connectivity index (χ1n) is 13.9. The van der Waals surface area contributed by atoms with Crippen molar-refractivity contribution in [2.24, 2.45) is 0 Å². The molecule has 0 saturated carbocycles. The van der Waals surface area contributed by atoms with E-state index >= 15 is 0 Å². The van der Waals surface area contributed by atoms with Crippen molar-refractivity contribution in [3.8, 4) is 0 Å². The van der Waals surface area contributed by atoms with Gasteiger partial charge >= 0.3 is 0 Å². The fourth-order valence-corrected chi connectivity index (χ4v) is 3.92. The molecule has 4 heteroatoms. The fourth-order valence-electron chi connectivity index (χ4n) is 3.92. The normalized spacial score (nSPS) is 11.2. The van der Waals surface area contributed by atoms with Crippen molar-refractivity contribution >= 4 is 11.8 Å². The first-order chi connectivity index (χ1) is 15.7. The molecular formula is C28H54N2O2. The topological polar surface area (TPSA) is 58.2 Å². The minimum absolute atomic E-state index is 0.171. The molecule has 0 aromatic rings. The van der Waals surface area contributed by atoms with Gasteiger partial charge in [0.1, 0.15) is 0 Å². The van der Waals surface area contributed by atoms with E-state index < -0.39 is 0 Å². The van der Waals surface area contributed by atoms with Crippen LogP contribution in [0.1, 0.15) is 142 Å². The summed E-state index contributed by atoms with van der Waals surface area (Å²) in [6.45, 7) is 5.90. The van der Waals surface area contributed by atoms with Crippen molar-refractivity contribution < 1.29 is 9.59 Å². The molecule has 0 aliphatic carbocycles. The third-order valence-electron chi connectivity index (χ3n) is 6.05. The maximum absolute atomic E-state index is 11.8. The van der Waals surface area contributed by atoms with Crippen LogP contribution in [0.15, 0.2) is 12.2 Å². The molecule has 2 N–H and O–H groups in total. The van der Waals surface area contributed by atoms with E-state index in [1.807, 2.05) is 0 Å². The Morgan fingerprint density at radius 3 is 0.969 bits per heavy atom. The van der Waals surface area contributed by atoms with Gasteiger partial charge in [0.25, 0.3) is 0 Å². The number of unbranched alkanes of at least 4 members (excludes halogenated alkanes) is 18. The number of carbonyl (C=O) groups is 2.